The quantitative estimate of drug-likeness (QED) is 0.403. The molecule has 7 nitrogen and oxygen atoms in total. The molecule has 7 heteroatoms. The zero-order valence-corrected chi connectivity index (χ0v) is 7.92. The van der Waals surface area contributed by atoms with Crippen molar-refractivity contribution in [1.29, 1.82) is 0 Å². The van der Waals surface area contributed by atoms with E-state index in [9.17, 15) is 4.79 Å². The van der Waals surface area contributed by atoms with Gasteiger partial charge in [-0.15, -0.1) is 5.53 Å². The van der Waals surface area contributed by atoms with Crippen molar-refractivity contribution in [3.05, 3.63) is 0 Å². The first-order valence-corrected chi connectivity index (χ1v) is 4.12. The minimum atomic E-state index is -0.359. The van der Waals surface area contributed by atoms with Gasteiger partial charge in [-0.2, -0.15) is 11.1 Å². The van der Waals surface area contributed by atoms with Crippen molar-refractivity contribution in [2.45, 2.75) is 32.9 Å². The molecule has 0 aromatic heterocycles. The van der Waals surface area contributed by atoms with E-state index >= 15 is 0 Å². The first-order valence-electron chi connectivity index (χ1n) is 4.12. The number of carbonyl (C=O) groups is 1. The van der Waals surface area contributed by atoms with Crippen LogP contribution < -0.4 is 22.2 Å². The average Bonchev–Trinajstić information content (AvgIpc) is 2.06. The van der Waals surface area contributed by atoms with Crippen LogP contribution in [0.1, 0.15) is 20.8 Å². The Morgan fingerprint density at radius 2 is 2.15 bits per heavy atom. The fourth-order valence-electron chi connectivity index (χ4n) is 1.07. The lowest BCUT2D eigenvalue weighted by Crippen LogP contribution is -2.65. The molecule has 1 saturated heterocycles. The fourth-order valence-corrected chi connectivity index (χ4v) is 1.07. The summed E-state index contributed by atoms with van der Waals surface area (Å²) in [5, 5.41) is 1.73. The number of nitrogens with one attached hydrogen (secondary N) is 4. The summed E-state index contributed by atoms with van der Waals surface area (Å²) >= 11 is 0. The van der Waals surface area contributed by atoms with Crippen molar-refractivity contribution in [1.82, 2.24) is 27.2 Å². The van der Waals surface area contributed by atoms with E-state index in [1.165, 1.54) is 0 Å². The Bertz CT molecular complexity index is 186. The monoisotopic (exact) mass is 189 g/mol. The lowest BCUT2D eigenvalue weighted by molar-refractivity contribution is -0.170. The van der Waals surface area contributed by atoms with Crippen molar-refractivity contribution in [2.24, 2.45) is 0 Å². The van der Waals surface area contributed by atoms with E-state index in [4.69, 9.17) is 0 Å². The number of hydrogen-bond acceptors (Lipinski definition) is 7. The van der Waals surface area contributed by atoms with Crippen LogP contribution in [0, 0.1) is 0 Å². The summed E-state index contributed by atoms with van der Waals surface area (Å²) in [6, 6.07) is -0.183. The van der Waals surface area contributed by atoms with E-state index in [1.807, 2.05) is 13.8 Å². The third-order valence-electron chi connectivity index (χ3n) is 1.76. The lowest BCUT2D eigenvalue weighted by Gasteiger charge is -2.33. The normalized spacial score (nSPS) is 26.8. The van der Waals surface area contributed by atoms with Crippen LogP contribution in [0.15, 0.2) is 0 Å². The molecule has 0 radical (unpaired) electrons. The molecule has 0 aliphatic carbocycles. The molecular formula is C6H15N5O2. The van der Waals surface area contributed by atoms with Crippen LogP contribution in [0.3, 0.4) is 0 Å². The number of nitrogens with zero attached hydrogens (tertiary/aromatic N) is 1. The van der Waals surface area contributed by atoms with Gasteiger partial charge in [0.1, 0.15) is 6.04 Å². The highest BCUT2D eigenvalue weighted by Gasteiger charge is 2.26. The molecule has 0 amide bonds. The summed E-state index contributed by atoms with van der Waals surface area (Å²) in [4.78, 5) is 15.9. The van der Waals surface area contributed by atoms with Gasteiger partial charge in [0.25, 0.3) is 0 Å². The van der Waals surface area contributed by atoms with Crippen LogP contribution in [0.25, 0.3) is 0 Å². The Labute approximate surface area is 76.6 Å². The molecule has 1 rings (SSSR count). The SMILES string of the molecule is CC(C)N1NNNNOC(=O)C1C. The zero-order valence-electron chi connectivity index (χ0n) is 7.92. The van der Waals surface area contributed by atoms with Gasteiger partial charge in [-0.1, -0.05) is 5.59 Å². The molecule has 13 heavy (non-hydrogen) atoms. The summed E-state index contributed by atoms with van der Waals surface area (Å²) in [6.07, 6.45) is 0. The van der Waals surface area contributed by atoms with Gasteiger partial charge in [0, 0.05) is 6.04 Å². The molecule has 1 heterocycles. The first-order chi connectivity index (χ1) is 6.13. The standard InChI is InChI=1S/C6H15N5O2/c1-4(2)11-5(3)6(12)13-10-8-7-9-11/h4-5,7-10H,1-3H3. The maximum atomic E-state index is 11.2. The number of hydrogen-bond donors (Lipinski definition) is 4. The molecule has 4 N–H and O–H groups in total. The third kappa shape index (κ3) is 2.61. The Morgan fingerprint density at radius 1 is 1.46 bits per heavy atom. The second-order valence-corrected chi connectivity index (χ2v) is 3.06. The number of rotatable bonds is 1. The molecule has 1 aliphatic rings. The van der Waals surface area contributed by atoms with Gasteiger partial charge in [-0.05, 0) is 20.8 Å². The molecule has 76 valence electrons. The van der Waals surface area contributed by atoms with Crippen LogP contribution in [0.2, 0.25) is 0 Å². The van der Waals surface area contributed by atoms with Crippen LogP contribution in [-0.2, 0) is 9.63 Å². The zero-order chi connectivity index (χ0) is 9.84. The van der Waals surface area contributed by atoms with Crippen molar-refractivity contribution in [3.63, 3.8) is 0 Å². The minimum Gasteiger partial charge on any atom is -0.353 e. The summed E-state index contributed by atoms with van der Waals surface area (Å²) in [5.41, 5.74) is 10.1. The Balaban J connectivity index is 2.62. The highest BCUT2D eigenvalue weighted by Crippen LogP contribution is 2.02. The van der Waals surface area contributed by atoms with Gasteiger partial charge < -0.3 is 4.84 Å². The fraction of sp³-hybridized carbons (Fsp3) is 0.833. The van der Waals surface area contributed by atoms with E-state index in [0.717, 1.165) is 0 Å². The number of hydrazine groups is 4. The largest absolute Gasteiger partial charge is 0.353 e. The second-order valence-electron chi connectivity index (χ2n) is 3.06. The molecular weight excluding hydrogens is 174 g/mol. The van der Waals surface area contributed by atoms with Crippen LogP contribution in [-0.4, -0.2) is 23.1 Å². The van der Waals surface area contributed by atoms with Crippen molar-refractivity contribution < 1.29 is 9.63 Å². The molecule has 1 unspecified atom stereocenters. The van der Waals surface area contributed by atoms with E-state index in [2.05, 4.69) is 27.0 Å². The van der Waals surface area contributed by atoms with Gasteiger partial charge in [-0.3, -0.25) is 0 Å². The maximum Gasteiger partial charge on any atom is 0.344 e. The third-order valence-corrected chi connectivity index (χ3v) is 1.76. The Kier molecular flexibility index (Phi) is 3.58. The molecule has 0 saturated carbocycles. The lowest BCUT2D eigenvalue weighted by atomic mass is 10.2. The second kappa shape index (κ2) is 4.49. The van der Waals surface area contributed by atoms with E-state index in [1.54, 1.807) is 11.9 Å². The summed E-state index contributed by atoms with van der Waals surface area (Å²) < 4.78 is 0. The summed E-state index contributed by atoms with van der Waals surface area (Å²) in [5.74, 6) is -0.352. The predicted molar refractivity (Wildman–Crippen MR) is 45.1 cm³/mol. The van der Waals surface area contributed by atoms with E-state index in [0.29, 0.717) is 0 Å². The van der Waals surface area contributed by atoms with Gasteiger partial charge >= 0.3 is 5.97 Å². The number of carbonyl (C=O) groups excluding carboxylic acids is 1. The molecule has 0 spiro atoms. The van der Waals surface area contributed by atoms with Gasteiger partial charge in [0.2, 0.25) is 0 Å². The first kappa shape index (κ1) is 10.4. The molecule has 1 atom stereocenters. The molecule has 1 fully saturated rings. The maximum absolute atomic E-state index is 11.2. The Morgan fingerprint density at radius 3 is 2.77 bits per heavy atom. The van der Waals surface area contributed by atoms with Crippen molar-refractivity contribution in [2.75, 3.05) is 0 Å². The van der Waals surface area contributed by atoms with Crippen molar-refractivity contribution >= 4 is 5.97 Å². The van der Waals surface area contributed by atoms with E-state index < -0.39 is 0 Å². The highest BCUT2D eigenvalue weighted by molar-refractivity contribution is 5.74. The van der Waals surface area contributed by atoms with Gasteiger partial charge in [0.05, 0.1) is 0 Å². The van der Waals surface area contributed by atoms with Crippen LogP contribution in [0.4, 0.5) is 0 Å². The summed E-state index contributed by atoms with van der Waals surface area (Å²) in [6.45, 7) is 5.69. The van der Waals surface area contributed by atoms with Gasteiger partial charge in [-0.25, -0.2) is 9.80 Å². The van der Waals surface area contributed by atoms with Crippen molar-refractivity contribution in [3.8, 4) is 0 Å². The Hall–Kier alpha value is -0.730. The van der Waals surface area contributed by atoms with Crippen LogP contribution >= 0.6 is 0 Å². The molecule has 0 aromatic rings. The topological polar surface area (TPSA) is 77.7 Å². The minimum absolute atomic E-state index is 0.176. The smallest absolute Gasteiger partial charge is 0.344 e. The van der Waals surface area contributed by atoms with Crippen LogP contribution in [0.5, 0.6) is 0 Å². The molecule has 0 bridgehead atoms. The predicted octanol–water partition coefficient (Wildman–Crippen LogP) is -1.42. The highest BCUT2D eigenvalue weighted by atomic mass is 16.7. The van der Waals surface area contributed by atoms with Gasteiger partial charge in [0.15, 0.2) is 0 Å². The molecule has 1 aliphatic heterocycles. The summed E-state index contributed by atoms with van der Waals surface area (Å²) in [7, 11) is 0. The average molecular weight is 189 g/mol. The van der Waals surface area contributed by atoms with E-state index in [-0.39, 0.29) is 18.1 Å². The molecule has 0 aromatic carbocycles.